The smallest absolute Gasteiger partial charge is 0.340 e. The second-order valence-corrected chi connectivity index (χ2v) is 11.4. The van der Waals surface area contributed by atoms with Crippen molar-refractivity contribution in [2.75, 3.05) is 11.5 Å². The Morgan fingerprint density at radius 2 is 1.57 bits per heavy atom. The first-order valence-electron chi connectivity index (χ1n) is 9.99. The maximum atomic E-state index is 13.3. The van der Waals surface area contributed by atoms with E-state index in [1.165, 1.54) is 6.07 Å². The Morgan fingerprint density at radius 3 is 2.10 bits per heavy atom. The normalized spacial score (nSPS) is 32.5. The third kappa shape index (κ3) is 3.27. The minimum Gasteiger partial charge on any atom is -0.454 e. The lowest BCUT2D eigenvalue weighted by atomic mass is 9.81. The van der Waals surface area contributed by atoms with Gasteiger partial charge in [0.2, 0.25) is 11.8 Å². The van der Waals surface area contributed by atoms with Crippen LogP contribution in [0.4, 0.5) is 5.69 Å². The van der Waals surface area contributed by atoms with Crippen molar-refractivity contribution in [3.05, 3.63) is 29.8 Å². The van der Waals surface area contributed by atoms with E-state index in [-0.39, 0.29) is 68.8 Å². The highest BCUT2D eigenvalue weighted by Crippen LogP contribution is 2.60. The number of carbonyl (C=O) groups is 4. The Hall–Kier alpha value is -1.54. The summed E-state index contributed by atoms with van der Waals surface area (Å²) in [5.41, 5.74) is -0.290. The third-order valence-electron chi connectivity index (χ3n) is 6.52. The predicted octanol–water partition coefficient (Wildman–Crippen LogP) is 3.74. The molecule has 1 heterocycles. The van der Waals surface area contributed by atoms with Crippen LogP contribution in [0.15, 0.2) is 24.3 Å². The quantitative estimate of drug-likeness (QED) is 0.330. The number of benzene rings is 1. The van der Waals surface area contributed by atoms with Crippen LogP contribution in [-0.2, 0) is 19.1 Å². The number of amides is 2. The van der Waals surface area contributed by atoms with Gasteiger partial charge in [-0.2, -0.15) is 0 Å². The highest BCUT2D eigenvalue weighted by Gasteiger charge is 2.66. The SMILES string of the molecule is CC(C)(C)C(=O)COC(=O)c1ccccc1N1C(=O)C2C3CC(C(Br)C3Br)C2C1=O. The van der Waals surface area contributed by atoms with Crippen molar-refractivity contribution in [1.29, 1.82) is 0 Å². The van der Waals surface area contributed by atoms with Gasteiger partial charge in [0.15, 0.2) is 12.4 Å². The lowest BCUT2D eigenvalue weighted by molar-refractivity contribution is -0.129. The van der Waals surface area contributed by atoms with E-state index >= 15 is 0 Å². The summed E-state index contributed by atoms with van der Waals surface area (Å²) < 4.78 is 5.22. The number of halogens is 2. The summed E-state index contributed by atoms with van der Waals surface area (Å²) in [6.07, 6.45) is 0.838. The van der Waals surface area contributed by atoms with E-state index in [0.717, 1.165) is 11.3 Å². The van der Waals surface area contributed by atoms with Crippen molar-refractivity contribution in [3.63, 3.8) is 0 Å². The van der Waals surface area contributed by atoms with Gasteiger partial charge in [0.05, 0.1) is 23.1 Å². The van der Waals surface area contributed by atoms with Gasteiger partial charge in [-0.1, -0.05) is 64.8 Å². The lowest BCUT2D eigenvalue weighted by Crippen LogP contribution is -2.37. The van der Waals surface area contributed by atoms with E-state index < -0.39 is 11.4 Å². The zero-order chi connectivity index (χ0) is 22.0. The molecule has 8 heteroatoms. The maximum absolute atomic E-state index is 13.3. The van der Waals surface area contributed by atoms with Crippen molar-refractivity contribution < 1.29 is 23.9 Å². The van der Waals surface area contributed by atoms with Crippen LogP contribution in [0.2, 0.25) is 0 Å². The van der Waals surface area contributed by atoms with Crippen molar-refractivity contribution in [2.45, 2.75) is 36.8 Å². The number of nitrogens with zero attached hydrogens (tertiary/aromatic N) is 1. The number of carbonyl (C=O) groups excluding carboxylic acids is 4. The Balaban J connectivity index is 1.60. The Labute approximate surface area is 192 Å². The number of hydrogen-bond acceptors (Lipinski definition) is 5. The summed E-state index contributed by atoms with van der Waals surface area (Å²) in [5.74, 6) is -2.00. The van der Waals surface area contributed by atoms with Gasteiger partial charge in [-0.3, -0.25) is 14.4 Å². The molecule has 4 rings (SSSR count). The summed E-state index contributed by atoms with van der Waals surface area (Å²) in [5, 5.41) is 0. The van der Waals surface area contributed by atoms with Crippen LogP contribution in [0.1, 0.15) is 37.6 Å². The van der Waals surface area contributed by atoms with Crippen molar-refractivity contribution in [3.8, 4) is 0 Å². The van der Waals surface area contributed by atoms with Gasteiger partial charge >= 0.3 is 5.97 Å². The van der Waals surface area contributed by atoms with E-state index in [2.05, 4.69) is 31.9 Å². The van der Waals surface area contributed by atoms with Crippen molar-refractivity contribution in [2.24, 2.45) is 29.1 Å². The molecular weight excluding hydrogens is 518 g/mol. The molecule has 1 aliphatic heterocycles. The molecule has 6 unspecified atom stereocenters. The number of alkyl halides is 2. The molecule has 0 spiro atoms. The van der Waals surface area contributed by atoms with Gasteiger partial charge in [-0.15, -0.1) is 0 Å². The Bertz CT molecular complexity index is 908. The number of anilines is 1. The first-order chi connectivity index (χ1) is 14.0. The number of ketones is 1. The summed E-state index contributed by atoms with van der Waals surface area (Å²) in [6, 6.07) is 6.42. The van der Waals surface area contributed by atoms with Crippen molar-refractivity contribution >= 4 is 61.1 Å². The van der Waals surface area contributed by atoms with Crippen LogP contribution >= 0.6 is 31.9 Å². The molecule has 160 valence electrons. The number of Topliss-reactive ketones (excluding diaryl/α,β-unsaturated/α-hetero) is 1. The standard InChI is InChI=1S/C22H23Br2NO5/c1-22(2,3)14(26)9-30-21(29)10-6-4-5-7-13(10)25-19(27)15-11-8-12(16(15)20(25)28)18(24)17(11)23/h4-7,11-12,15-18H,8-9H2,1-3H3. The van der Waals surface area contributed by atoms with Crippen LogP contribution in [0.5, 0.6) is 0 Å². The molecule has 2 saturated carbocycles. The predicted molar refractivity (Wildman–Crippen MR) is 118 cm³/mol. The number of rotatable bonds is 4. The van der Waals surface area contributed by atoms with Gasteiger partial charge in [-0.05, 0) is 30.4 Å². The molecular formula is C22H23Br2NO5. The molecule has 2 aliphatic carbocycles. The van der Waals surface area contributed by atoms with Gasteiger partial charge in [0.1, 0.15) is 0 Å². The zero-order valence-corrected chi connectivity index (χ0v) is 20.1. The number of fused-ring (bicyclic) bond motifs is 5. The molecule has 6 nitrogen and oxygen atoms in total. The average molecular weight is 541 g/mol. The summed E-state index contributed by atoms with van der Waals surface area (Å²) in [7, 11) is 0. The van der Waals surface area contributed by atoms with Gasteiger partial charge in [0.25, 0.3) is 0 Å². The molecule has 3 aliphatic rings. The fraction of sp³-hybridized carbons (Fsp3) is 0.545. The van der Waals surface area contributed by atoms with Crippen LogP contribution < -0.4 is 4.90 Å². The summed E-state index contributed by atoms with van der Waals surface area (Å²) in [4.78, 5) is 52.8. The Kier molecular flexibility index (Phi) is 5.46. The van der Waals surface area contributed by atoms with E-state index in [4.69, 9.17) is 4.74 Å². The average Bonchev–Trinajstić information content (AvgIpc) is 3.30. The van der Waals surface area contributed by atoms with E-state index in [9.17, 15) is 19.2 Å². The highest BCUT2D eigenvalue weighted by atomic mass is 79.9. The first-order valence-corrected chi connectivity index (χ1v) is 11.8. The molecule has 30 heavy (non-hydrogen) atoms. The molecule has 3 fully saturated rings. The fourth-order valence-corrected chi connectivity index (χ4v) is 6.73. The van der Waals surface area contributed by atoms with E-state index in [0.29, 0.717) is 0 Å². The molecule has 0 radical (unpaired) electrons. The minimum absolute atomic E-state index is 0.0920. The van der Waals surface area contributed by atoms with E-state index in [1.807, 2.05) is 0 Å². The molecule has 6 atom stereocenters. The molecule has 1 aromatic rings. The second-order valence-electron chi connectivity index (χ2n) is 9.28. The molecule has 0 aromatic heterocycles. The molecule has 2 bridgehead atoms. The topological polar surface area (TPSA) is 80.8 Å². The maximum Gasteiger partial charge on any atom is 0.340 e. The lowest BCUT2D eigenvalue weighted by Gasteiger charge is -2.28. The Morgan fingerprint density at radius 1 is 1.03 bits per heavy atom. The zero-order valence-electron chi connectivity index (χ0n) is 16.9. The number of para-hydroxylation sites is 1. The summed E-state index contributed by atoms with van der Waals surface area (Å²) in [6.45, 7) is 4.89. The number of esters is 1. The molecule has 2 amide bonds. The van der Waals surface area contributed by atoms with Crippen LogP contribution in [-0.4, -0.2) is 39.8 Å². The minimum atomic E-state index is -0.722. The van der Waals surface area contributed by atoms with Gasteiger partial charge in [0, 0.05) is 15.1 Å². The van der Waals surface area contributed by atoms with Crippen LogP contribution in [0, 0.1) is 29.1 Å². The largest absolute Gasteiger partial charge is 0.454 e. The fourth-order valence-electron chi connectivity index (χ4n) is 4.85. The second kappa shape index (κ2) is 7.55. The van der Waals surface area contributed by atoms with E-state index in [1.54, 1.807) is 39.0 Å². The first kappa shape index (κ1) is 21.7. The summed E-state index contributed by atoms with van der Waals surface area (Å²) >= 11 is 7.35. The number of hydrogen-bond donors (Lipinski definition) is 0. The molecule has 0 N–H and O–H groups in total. The monoisotopic (exact) mass is 539 g/mol. The van der Waals surface area contributed by atoms with Crippen LogP contribution in [0.3, 0.4) is 0 Å². The van der Waals surface area contributed by atoms with Gasteiger partial charge < -0.3 is 4.74 Å². The van der Waals surface area contributed by atoms with Crippen LogP contribution in [0.25, 0.3) is 0 Å². The molecule has 1 saturated heterocycles. The van der Waals surface area contributed by atoms with Gasteiger partial charge in [-0.25, -0.2) is 9.69 Å². The molecule has 1 aromatic carbocycles. The number of ether oxygens (including phenoxy) is 1. The number of imide groups is 1. The third-order valence-corrected chi connectivity index (χ3v) is 9.73. The highest BCUT2D eigenvalue weighted by molar-refractivity contribution is 9.12. The van der Waals surface area contributed by atoms with Crippen molar-refractivity contribution in [1.82, 2.24) is 0 Å².